The molecule has 21 heavy (non-hydrogen) atoms. The van der Waals surface area contributed by atoms with E-state index in [9.17, 15) is 4.39 Å². The number of hydrogen-bond acceptors (Lipinski definition) is 1. The first kappa shape index (κ1) is 16.2. The summed E-state index contributed by atoms with van der Waals surface area (Å²) in [7, 11) is 0. The maximum atomic E-state index is 13.4. The SMILES string of the molecule is CCCNC(c1cc(C)ccc1C)c1ccc(F)cc1Br. The molecule has 0 fully saturated rings. The summed E-state index contributed by atoms with van der Waals surface area (Å²) >= 11 is 3.50. The summed E-state index contributed by atoms with van der Waals surface area (Å²) in [6.07, 6.45) is 1.06. The predicted octanol–water partition coefficient (Wildman–Crippen LogP) is 5.29. The number of benzene rings is 2. The van der Waals surface area contributed by atoms with Crippen LogP contribution in [0.4, 0.5) is 4.39 Å². The van der Waals surface area contributed by atoms with Crippen molar-refractivity contribution in [1.82, 2.24) is 5.32 Å². The van der Waals surface area contributed by atoms with E-state index >= 15 is 0 Å². The largest absolute Gasteiger partial charge is 0.306 e. The average Bonchev–Trinajstić information content (AvgIpc) is 2.44. The molecule has 1 unspecified atom stereocenters. The normalized spacial score (nSPS) is 12.4. The van der Waals surface area contributed by atoms with Crippen molar-refractivity contribution >= 4 is 15.9 Å². The van der Waals surface area contributed by atoms with Gasteiger partial charge in [0.25, 0.3) is 0 Å². The lowest BCUT2D eigenvalue weighted by molar-refractivity contribution is 0.588. The summed E-state index contributed by atoms with van der Waals surface area (Å²) in [6.45, 7) is 7.28. The van der Waals surface area contributed by atoms with Gasteiger partial charge in [0.2, 0.25) is 0 Å². The lowest BCUT2D eigenvalue weighted by Gasteiger charge is -2.23. The van der Waals surface area contributed by atoms with Crippen LogP contribution in [-0.4, -0.2) is 6.54 Å². The Morgan fingerprint density at radius 3 is 2.52 bits per heavy atom. The standard InChI is InChI=1S/C18H21BrFN/c1-4-9-21-18(15-8-7-14(20)11-17(15)19)16-10-12(2)5-6-13(16)3/h5-8,10-11,18,21H,4,9H2,1-3H3. The van der Waals surface area contributed by atoms with Crippen molar-refractivity contribution in [3.8, 4) is 0 Å². The maximum Gasteiger partial charge on any atom is 0.124 e. The molecule has 112 valence electrons. The fourth-order valence-electron chi connectivity index (χ4n) is 2.48. The quantitative estimate of drug-likeness (QED) is 0.772. The molecule has 0 aliphatic rings. The van der Waals surface area contributed by atoms with Crippen LogP contribution in [0.3, 0.4) is 0 Å². The predicted molar refractivity (Wildman–Crippen MR) is 90.2 cm³/mol. The lowest BCUT2D eigenvalue weighted by atomic mass is 9.93. The van der Waals surface area contributed by atoms with E-state index in [2.05, 4.69) is 60.2 Å². The van der Waals surface area contributed by atoms with Crippen LogP contribution in [-0.2, 0) is 0 Å². The third-order valence-electron chi connectivity index (χ3n) is 3.62. The second-order valence-electron chi connectivity index (χ2n) is 5.41. The molecule has 0 saturated carbocycles. The molecule has 2 aromatic rings. The zero-order chi connectivity index (χ0) is 15.4. The molecule has 1 atom stereocenters. The van der Waals surface area contributed by atoms with Crippen LogP contribution in [0.2, 0.25) is 0 Å². The van der Waals surface area contributed by atoms with Crippen LogP contribution in [0.15, 0.2) is 40.9 Å². The average molecular weight is 350 g/mol. The van der Waals surface area contributed by atoms with Gasteiger partial charge in [0.05, 0.1) is 6.04 Å². The molecule has 2 rings (SSSR count). The molecule has 0 saturated heterocycles. The van der Waals surface area contributed by atoms with E-state index < -0.39 is 0 Å². The van der Waals surface area contributed by atoms with Crippen molar-refractivity contribution in [2.45, 2.75) is 33.2 Å². The topological polar surface area (TPSA) is 12.0 Å². The minimum absolute atomic E-state index is 0.0693. The van der Waals surface area contributed by atoms with Crippen LogP contribution in [0.5, 0.6) is 0 Å². The monoisotopic (exact) mass is 349 g/mol. The molecule has 0 heterocycles. The van der Waals surface area contributed by atoms with Gasteiger partial charge < -0.3 is 5.32 Å². The Bertz CT molecular complexity index is 625. The zero-order valence-electron chi connectivity index (χ0n) is 12.7. The highest BCUT2D eigenvalue weighted by molar-refractivity contribution is 9.10. The number of halogens is 2. The van der Waals surface area contributed by atoms with Gasteiger partial charge >= 0.3 is 0 Å². The second-order valence-corrected chi connectivity index (χ2v) is 6.27. The van der Waals surface area contributed by atoms with E-state index in [1.165, 1.54) is 28.8 Å². The molecule has 0 bridgehead atoms. The van der Waals surface area contributed by atoms with Gasteiger partial charge in [-0.1, -0.05) is 52.7 Å². The first-order valence-electron chi connectivity index (χ1n) is 7.28. The molecule has 1 nitrogen and oxygen atoms in total. The molecule has 0 amide bonds. The van der Waals surface area contributed by atoms with Crippen molar-refractivity contribution in [1.29, 1.82) is 0 Å². The minimum Gasteiger partial charge on any atom is -0.306 e. The van der Waals surface area contributed by atoms with Gasteiger partial charge in [-0.05, 0) is 55.6 Å². The highest BCUT2D eigenvalue weighted by atomic mass is 79.9. The minimum atomic E-state index is -0.221. The fraction of sp³-hybridized carbons (Fsp3) is 0.333. The summed E-state index contributed by atoms with van der Waals surface area (Å²) in [4.78, 5) is 0. The van der Waals surface area contributed by atoms with Crippen molar-refractivity contribution in [3.05, 3.63) is 68.9 Å². The summed E-state index contributed by atoms with van der Waals surface area (Å²) in [5.74, 6) is -0.221. The first-order valence-corrected chi connectivity index (χ1v) is 8.07. The first-order chi connectivity index (χ1) is 10.0. The van der Waals surface area contributed by atoms with Crippen molar-refractivity contribution in [2.24, 2.45) is 0 Å². The van der Waals surface area contributed by atoms with Crippen LogP contribution in [0.25, 0.3) is 0 Å². The summed E-state index contributed by atoms with van der Waals surface area (Å²) in [5.41, 5.74) is 4.79. The van der Waals surface area contributed by atoms with Gasteiger partial charge in [-0.2, -0.15) is 0 Å². The third kappa shape index (κ3) is 3.92. The van der Waals surface area contributed by atoms with E-state index in [-0.39, 0.29) is 11.9 Å². The Morgan fingerprint density at radius 1 is 1.10 bits per heavy atom. The molecular formula is C18H21BrFN. The Kier molecular flexibility index (Phi) is 5.54. The third-order valence-corrected chi connectivity index (χ3v) is 4.30. The van der Waals surface area contributed by atoms with E-state index in [0.29, 0.717) is 0 Å². The molecule has 0 aliphatic carbocycles. The second kappa shape index (κ2) is 7.19. The van der Waals surface area contributed by atoms with Gasteiger partial charge in [0, 0.05) is 4.47 Å². The van der Waals surface area contributed by atoms with Crippen molar-refractivity contribution in [3.63, 3.8) is 0 Å². The Hall–Kier alpha value is -1.19. The molecular weight excluding hydrogens is 329 g/mol. The molecule has 1 N–H and O–H groups in total. The van der Waals surface area contributed by atoms with Crippen molar-refractivity contribution in [2.75, 3.05) is 6.54 Å². The smallest absolute Gasteiger partial charge is 0.124 e. The summed E-state index contributed by atoms with van der Waals surface area (Å²) in [5, 5.41) is 3.58. The van der Waals surface area contributed by atoms with E-state index in [1.54, 1.807) is 0 Å². The van der Waals surface area contributed by atoms with Gasteiger partial charge in [-0.15, -0.1) is 0 Å². The van der Waals surface area contributed by atoms with Crippen LogP contribution in [0.1, 0.15) is 41.6 Å². The molecule has 3 heteroatoms. The van der Waals surface area contributed by atoms with Gasteiger partial charge in [0.1, 0.15) is 5.82 Å². The number of nitrogens with one attached hydrogen (secondary N) is 1. The Balaban J connectivity index is 2.49. The maximum absolute atomic E-state index is 13.4. The summed E-state index contributed by atoms with van der Waals surface area (Å²) < 4.78 is 14.2. The van der Waals surface area contributed by atoms with E-state index in [1.807, 2.05) is 6.07 Å². The molecule has 2 aromatic carbocycles. The van der Waals surface area contributed by atoms with Gasteiger partial charge in [-0.3, -0.25) is 0 Å². The van der Waals surface area contributed by atoms with E-state index in [4.69, 9.17) is 0 Å². The van der Waals surface area contributed by atoms with Crippen LogP contribution >= 0.6 is 15.9 Å². The molecule has 0 radical (unpaired) electrons. The van der Waals surface area contributed by atoms with E-state index in [0.717, 1.165) is 23.0 Å². The molecule has 0 spiro atoms. The van der Waals surface area contributed by atoms with Crippen LogP contribution in [0, 0.1) is 19.7 Å². The zero-order valence-corrected chi connectivity index (χ0v) is 14.3. The molecule has 0 aromatic heterocycles. The van der Waals surface area contributed by atoms with Gasteiger partial charge in [0.15, 0.2) is 0 Å². The highest BCUT2D eigenvalue weighted by Crippen LogP contribution is 2.31. The van der Waals surface area contributed by atoms with Gasteiger partial charge in [-0.25, -0.2) is 4.39 Å². The summed E-state index contributed by atoms with van der Waals surface area (Å²) in [6, 6.07) is 11.4. The Morgan fingerprint density at radius 2 is 1.86 bits per heavy atom. The van der Waals surface area contributed by atoms with Crippen molar-refractivity contribution < 1.29 is 4.39 Å². The highest BCUT2D eigenvalue weighted by Gasteiger charge is 2.18. The Labute approximate surface area is 134 Å². The molecule has 0 aliphatic heterocycles. The number of aryl methyl sites for hydroxylation is 2. The van der Waals surface area contributed by atoms with Crippen LogP contribution < -0.4 is 5.32 Å². The lowest BCUT2D eigenvalue weighted by Crippen LogP contribution is -2.24. The fourth-order valence-corrected chi connectivity index (χ4v) is 3.06. The number of hydrogen-bond donors (Lipinski definition) is 1. The number of rotatable bonds is 5.